The van der Waals surface area contributed by atoms with Gasteiger partial charge in [-0.25, -0.2) is 16.8 Å². The summed E-state index contributed by atoms with van der Waals surface area (Å²) in [4.78, 5) is 15.1. The van der Waals surface area contributed by atoms with Gasteiger partial charge in [0.1, 0.15) is 11.4 Å². The number of nitrogens with zero attached hydrogens (tertiary/aromatic N) is 4. The van der Waals surface area contributed by atoms with Crippen molar-refractivity contribution in [2.45, 2.75) is 57.0 Å². The fraction of sp³-hybridized carbons (Fsp3) is 0.545. The fourth-order valence-corrected chi connectivity index (χ4v) is 8.36. The summed E-state index contributed by atoms with van der Waals surface area (Å²) in [5.41, 5.74) is 1.39. The number of aromatic nitrogens is 2. The van der Waals surface area contributed by atoms with Crippen molar-refractivity contribution < 1.29 is 21.6 Å². The average molecular weight is 495 g/mol. The van der Waals surface area contributed by atoms with Crippen LogP contribution in [-0.4, -0.2) is 67.5 Å². The molecule has 0 aliphatic carbocycles. The number of sulfone groups is 1. The van der Waals surface area contributed by atoms with Crippen LogP contribution in [-0.2, 0) is 31.2 Å². The topological polar surface area (TPSA) is 110 Å². The normalized spacial score (nSPS) is 21.2. The molecule has 1 aromatic carbocycles. The molecular weight excluding hydrogens is 464 g/mol. The van der Waals surface area contributed by atoms with Crippen LogP contribution in [0.3, 0.4) is 0 Å². The zero-order valence-electron chi connectivity index (χ0n) is 19.0. The summed E-state index contributed by atoms with van der Waals surface area (Å²) in [7, 11) is -6.89. The lowest BCUT2D eigenvalue weighted by molar-refractivity contribution is -0.119. The Morgan fingerprint density at radius 1 is 1.12 bits per heavy atom. The van der Waals surface area contributed by atoms with Crippen LogP contribution in [0, 0.1) is 13.8 Å². The molecule has 2 aromatic rings. The van der Waals surface area contributed by atoms with Gasteiger partial charge in [-0.3, -0.25) is 9.48 Å². The van der Waals surface area contributed by atoms with Crippen LogP contribution in [0.4, 0.5) is 5.69 Å². The molecule has 180 valence electrons. The number of benzene rings is 1. The Labute approximate surface area is 195 Å². The Hall–Kier alpha value is -2.24. The van der Waals surface area contributed by atoms with Crippen LogP contribution in [0.15, 0.2) is 35.2 Å². The van der Waals surface area contributed by atoms with Gasteiger partial charge >= 0.3 is 0 Å². The molecule has 2 aliphatic rings. The van der Waals surface area contributed by atoms with Crippen molar-refractivity contribution in [2.24, 2.45) is 0 Å². The third kappa shape index (κ3) is 4.85. The largest absolute Gasteiger partial charge is 0.307 e. The smallest absolute Gasteiger partial charge is 0.249 e. The molecular formula is C22H30N4O5S2. The molecule has 11 heteroatoms. The van der Waals surface area contributed by atoms with Crippen molar-refractivity contribution in [3.8, 4) is 0 Å². The van der Waals surface area contributed by atoms with Gasteiger partial charge in [-0.05, 0) is 45.2 Å². The Morgan fingerprint density at radius 3 is 2.39 bits per heavy atom. The maximum absolute atomic E-state index is 13.4. The van der Waals surface area contributed by atoms with Crippen molar-refractivity contribution in [3.05, 3.63) is 41.7 Å². The first-order valence-electron chi connectivity index (χ1n) is 11.2. The highest BCUT2D eigenvalue weighted by molar-refractivity contribution is 7.91. The summed E-state index contributed by atoms with van der Waals surface area (Å²) < 4.78 is 53.7. The van der Waals surface area contributed by atoms with Crippen molar-refractivity contribution in [3.63, 3.8) is 0 Å². The lowest BCUT2D eigenvalue weighted by Gasteiger charge is -2.28. The summed E-state index contributed by atoms with van der Waals surface area (Å²) in [6, 6.07) is 8.51. The van der Waals surface area contributed by atoms with Crippen molar-refractivity contribution in [2.75, 3.05) is 29.5 Å². The molecule has 2 aliphatic heterocycles. The van der Waals surface area contributed by atoms with Gasteiger partial charge in [-0.15, -0.1) is 0 Å². The van der Waals surface area contributed by atoms with Gasteiger partial charge in [0.15, 0.2) is 9.84 Å². The predicted molar refractivity (Wildman–Crippen MR) is 125 cm³/mol. The minimum absolute atomic E-state index is 0.0480. The second-order valence-electron chi connectivity index (χ2n) is 8.78. The van der Waals surface area contributed by atoms with Gasteiger partial charge < -0.3 is 4.90 Å². The van der Waals surface area contributed by atoms with Gasteiger partial charge in [0, 0.05) is 18.8 Å². The molecule has 0 N–H and O–H groups in total. The number of amides is 1. The standard InChI is InChI=1S/C22H30N4O5S2/c1-17-22(33(30,31)24-12-7-4-8-13-24)18(2)25(23-17)15-21(27)26(19-9-5-3-6-10-19)20-11-14-32(28,29)16-20/h3,5-6,9-10,20H,4,7-8,11-16H2,1-2H3. The lowest BCUT2D eigenvalue weighted by Crippen LogP contribution is -2.43. The Kier molecular flexibility index (Phi) is 6.66. The molecule has 2 fully saturated rings. The van der Waals surface area contributed by atoms with E-state index >= 15 is 0 Å². The van der Waals surface area contributed by atoms with E-state index in [9.17, 15) is 21.6 Å². The minimum Gasteiger partial charge on any atom is -0.307 e. The van der Waals surface area contributed by atoms with Gasteiger partial charge in [0.25, 0.3) is 0 Å². The molecule has 9 nitrogen and oxygen atoms in total. The first kappa shape index (κ1) is 23.9. The molecule has 0 spiro atoms. The zero-order valence-corrected chi connectivity index (χ0v) is 20.6. The van der Waals surface area contributed by atoms with E-state index in [4.69, 9.17) is 0 Å². The Balaban J connectivity index is 1.63. The number of carbonyl (C=O) groups excluding carboxylic acids is 1. The summed E-state index contributed by atoms with van der Waals surface area (Å²) in [6.45, 7) is 4.11. The van der Waals surface area contributed by atoms with Crippen molar-refractivity contribution in [1.82, 2.24) is 14.1 Å². The monoisotopic (exact) mass is 494 g/mol. The first-order valence-corrected chi connectivity index (χ1v) is 14.5. The number of anilines is 1. The second kappa shape index (κ2) is 9.19. The molecule has 1 atom stereocenters. The number of para-hydroxylation sites is 1. The Bertz CT molecular complexity index is 1230. The highest BCUT2D eigenvalue weighted by Crippen LogP contribution is 2.28. The summed E-state index contributed by atoms with van der Waals surface area (Å²) >= 11 is 0. The molecule has 4 rings (SSSR count). The summed E-state index contributed by atoms with van der Waals surface area (Å²) in [5, 5.41) is 4.39. The van der Waals surface area contributed by atoms with Crippen LogP contribution < -0.4 is 4.90 Å². The minimum atomic E-state index is -3.70. The van der Waals surface area contributed by atoms with E-state index < -0.39 is 25.9 Å². The maximum atomic E-state index is 13.4. The number of piperidine rings is 1. The second-order valence-corrected chi connectivity index (χ2v) is 12.9. The van der Waals surface area contributed by atoms with Gasteiger partial charge in [-0.1, -0.05) is 24.6 Å². The Morgan fingerprint density at radius 2 is 1.79 bits per heavy atom. The predicted octanol–water partition coefficient (Wildman–Crippen LogP) is 1.89. The number of sulfonamides is 1. The van der Waals surface area contributed by atoms with E-state index in [-0.39, 0.29) is 28.9 Å². The lowest BCUT2D eigenvalue weighted by atomic mass is 10.1. The molecule has 3 heterocycles. The van der Waals surface area contributed by atoms with Crippen LogP contribution >= 0.6 is 0 Å². The molecule has 0 radical (unpaired) electrons. The van der Waals surface area contributed by atoms with Crippen molar-refractivity contribution in [1.29, 1.82) is 0 Å². The third-order valence-electron chi connectivity index (χ3n) is 6.39. The summed E-state index contributed by atoms with van der Waals surface area (Å²) in [5.74, 6) is -0.359. The molecule has 0 saturated carbocycles. The van der Waals surface area contributed by atoms with Crippen LogP contribution in [0.25, 0.3) is 0 Å². The molecule has 2 saturated heterocycles. The van der Waals surface area contributed by atoms with Gasteiger partial charge in [0.05, 0.1) is 28.9 Å². The van der Waals surface area contributed by atoms with E-state index in [0.717, 1.165) is 19.3 Å². The number of aryl methyl sites for hydroxylation is 1. The molecule has 33 heavy (non-hydrogen) atoms. The van der Waals surface area contributed by atoms with E-state index in [2.05, 4.69) is 5.10 Å². The summed E-state index contributed by atoms with van der Waals surface area (Å²) in [6.07, 6.45) is 3.05. The maximum Gasteiger partial charge on any atom is 0.249 e. The number of rotatable bonds is 6. The molecule has 0 bridgehead atoms. The average Bonchev–Trinajstić information content (AvgIpc) is 3.27. The molecule has 1 aromatic heterocycles. The van der Waals surface area contributed by atoms with Crippen LogP contribution in [0.2, 0.25) is 0 Å². The highest BCUT2D eigenvalue weighted by Gasteiger charge is 2.37. The van der Waals surface area contributed by atoms with Gasteiger partial charge in [-0.2, -0.15) is 9.40 Å². The van der Waals surface area contributed by atoms with E-state index in [1.54, 1.807) is 38.1 Å². The quantitative estimate of drug-likeness (QED) is 0.607. The number of carbonyl (C=O) groups is 1. The zero-order chi connectivity index (χ0) is 23.8. The number of hydrogen-bond donors (Lipinski definition) is 0. The van der Waals surface area contributed by atoms with Crippen molar-refractivity contribution >= 4 is 31.5 Å². The highest BCUT2D eigenvalue weighted by atomic mass is 32.2. The van der Waals surface area contributed by atoms with Crippen LogP contribution in [0.1, 0.15) is 37.1 Å². The fourth-order valence-electron chi connectivity index (χ4n) is 4.77. The number of hydrogen-bond acceptors (Lipinski definition) is 6. The van der Waals surface area contributed by atoms with E-state index in [0.29, 0.717) is 36.6 Å². The first-order chi connectivity index (χ1) is 15.6. The van der Waals surface area contributed by atoms with E-state index in [1.165, 1.54) is 13.9 Å². The molecule has 1 unspecified atom stereocenters. The third-order valence-corrected chi connectivity index (χ3v) is 10.3. The van der Waals surface area contributed by atoms with Crippen LogP contribution in [0.5, 0.6) is 0 Å². The van der Waals surface area contributed by atoms with Gasteiger partial charge in [0.2, 0.25) is 15.9 Å². The van der Waals surface area contributed by atoms with E-state index in [1.807, 2.05) is 6.07 Å². The SMILES string of the molecule is Cc1nn(CC(=O)N(c2ccccc2)C2CCS(=O)(=O)C2)c(C)c1S(=O)(=O)N1CCCCC1. The molecule has 1 amide bonds.